The van der Waals surface area contributed by atoms with Crippen LogP contribution in [0.5, 0.6) is 0 Å². The first-order valence-corrected chi connectivity index (χ1v) is 10.8. The molecule has 0 unspecified atom stereocenters. The summed E-state index contributed by atoms with van der Waals surface area (Å²) in [7, 11) is -3.48. The molecule has 144 valence electrons. The number of nitrogens with zero attached hydrogens (tertiary/aromatic N) is 3. The Bertz CT molecular complexity index is 861. The first-order chi connectivity index (χ1) is 13.1. The Morgan fingerprint density at radius 3 is 2.67 bits per heavy atom. The summed E-state index contributed by atoms with van der Waals surface area (Å²) in [5.74, 6) is 0. The molecule has 0 amide bonds. The lowest BCUT2D eigenvalue weighted by molar-refractivity contribution is 0.0350. The van der Waals surface area contributed by atoms with Crippen molar-refractivity contribution in [2.45, 2.75) is 17.7 Å². The summed E-state index contributed by atoms with van der Waals surface area (Å²) in [6, 6.07) is 12.7. The van der Waals surface area contributed by atoms with Crippen LogP contribution in [0, 0.1) is 5.41 Å². The van der Waals surface area contributed by atoms with E-state index in [1.807, 2.05) is 24.4 Å². The van der Waals surface area contributed by atoms with Crippen molar-refractivity contribution in [3.05, 3.63) is 54.9 Å². The lowest BCUT2D eigenvalue weighted by Crippen LogP contribution is -2.52. The van der Waals surface area contributed by atoms with E-state index in [0.29, 0.717) is 31.2 Å². The number of rotatable bonds is 3. The summed E-state index contributed by atoms with van der Waals surface area (Å²) < 4.78 is 33.8. The molecule has 7 heteroatoms. The van der Waals surface area contributed by atoms with Gasteiger partial charge in [0.05, 0.1) is 30.0 Å². The maximum absolute atomic E-state index is 13.1. The lowest BCUT2D eigenvalue weighted by Gasteiger charge is -2.43. The molecule has 0 radical (unpaired) electrons. The minimum atomic E-state index is -3.48. The highest BCUT2D eigenvalue weighted by molar-refractivity contribution is 7.89. The molecule has 0 saturated carbocycles. The van der Waals surface area contributed by atoms with E-state index in [1.165, 1.54) is 0 Å². The number of ether oxygens (including phenoxy) is 1. The van der Waals surface area contributed by atoms with Crippen molar-refractivity contribution >= 4 is 15.7 Å². The molecular weight excluding hydrogens is 362 g/mol. The molecule has 2 aliphatic rings. The van der Waals surface area contributed by atoms with Crippen LogP contribution in [0.3, 0.4) is 0 Å². The van der Waals surface area contributed by atoms with Gasteiger partial charge >= 0.3 is 0 Å². The number of aromatic nitrogens is 1. The molecule has 0 N–H and O–H groups in total. The number of hydrogen-bond donors (Lipinski definition) is 0. The third-order valence-corrected chi connectivity index (χ3v) is 7.32. The average molecular weight is 388 g/mol. The zero-order valence-corrected chi connectivity index (χ0v) is 16.1. The number of benzene rings is 1. The molecule has 2 aromatic rings. The zero-order chi connectivity index (χ0) is 18.7. The van der Waals surface area contributed by atoms with E-state index in [2.05, 4.69) is 9.88 Å². The van der Waals surface area contributed by atoms with Crippen LogP contribution < -0.4 is 4.90 Å². The largest absolute Gasteiger partial charge is 0.379 e. The fourth-order valence-corrected chi connectivity index (χ4v) is 5.72. The number of sulfonamides is 1. The predicted molar refractivity (Wildman–Crippen MR) is 104 cm³/mol. The van der Waals surface area contributed by atoms with Crippen molar-refractivity contribution in [2.24, 2.45) is 5.41 Å². The number of hydrogen-bond acceptors (Lipinski definition) is 5. The Morgan fingerprint density at radius 2 is 1.89 bits per heavy atom. The highest BCUT2D eigenvalue weighted by atomic mass is 32.2. The highest BCUT2D eigenvalue weighted by Gasteiger charge is 2.42. The van der Waals surface area contributed by atoms with Gasteiger partial charge in [-0.3, -0.25) is 4.98 Å². The van der Waals surface area contributed by atoms with Crippen LogP contribution >= 0.6 is 0 Å². The molecule has 1 aromatic carbocycles. The van der Waals surface area contributed by atoms with Gasteiger partial charge in [0.1, 0.15) is 0 Å². The average Bonchev–Trinajstić information content (AvgIpc) is 2.92. The topological polar surface area (TPSA) is 62.7 Å². The second kappa shape index (κ2) is 7.58. The number of pyridine rings is 1. The van der Waals surface area contributed by atoms with Gasteiger partial charge in [0.15, 0.2) is 0 Å². The van der Waals surface area contributed by atoms with Crippen molar-refractivity contribution in [3.8, 4) is 0 Å². The molecule has 0 aliphatic carbocycles. The molecule has 2 aliphatic heterocycles. The third-order valence-electron chi connectivity index (χ3n) is 5.46. The molecule has 0 bridgehead atoms. The fraction of sp³-hybridized carbons (Fsp3) is 0.450. The molecule has 6 nitrogen and oxygen atoms in total. The van der Waals surface area contributed by atoms with Gasteiger partial charge in [0.25, 0.3) is 0 Å². The van der Waals surface area contributed by atoms with Crippen molar-refractivity contribution < 1.29 is 13.2 Å². The Hall–Kier alpha value is -1.96. The van der Waals surface area contributed by atoms with Gasteiger partial charge in [-0.2, -0.15) is 4.31 Å². The van der Waals surface area contributed by atoms with E-state index in [-0.39, 0.29) is 5.41 Å². The molecule has 4 rings (SSSR count). The fourth-order valence-electron chi connectivity index (χ4n) is 4.11. The summed E-state index contributed by atoms with van der Waals surface area (Å²) in [6.45, 7) is 3.85. The van der Waals surface area contributed by atoms with Gasteiger partial charge < -0.3 is 9.64 Å². The Kier molecular flexibility index (Phi) is 5.16. The number of anilines is 1. The van der Waals surface area contributed by atoms with Gasteiger partial charge in [-0.05, 0) is 37.1 Å². The molecule has 3 heterocycles. The van der Waals surface area contributed by atoms with Crippen LogP contribution in [0.2, 0.25) is 0 Å². The molecule has 1 atom stereocenters. The Labute approximate surface area is 160 Å². The summed E-state index contributed by atoms with van der Waals surface area (Å²) in [5, 5.41) is 0. The van der Waals surface area contributed by atoms with Crippen LogP contribution in [0.1, 0.15) is 12.8 Å². The van der Waals surface area contributed by atoms with E-state index in [4.69, 9.17) is 4.74 Å². The van der Waals surface area contributed by atoms with Crippen molar-refractivity contribution in [1.29, 1.82) is 0 Å². The SMILES string of the molecule is O=S(=O)(c1ccccc1)N1CCC[C@@]2(COCCN(c3cccnc3)C2)C1. The van der Waals surface area contributed by atoms with Crippen LogP contribution in [0.15, 0.2) is 59.8 Å². The zero-order valence-electron chi connectivity index (χ0n) is 15.3. The first kappa shape index (κ1) is 18.4. The summed E-state index contributed by atoms with van der Waals surface area (Å²) in [4.78, 5) is 6.87. The maximum Gasteiger partial charge on any atom is 0.243 e. The molecule has 1 aromatic heterocycles. The van der Waals surface area contributed by atoms with E-state index < -0.39 is 10.0 Å². The van der Waals surface area contributed by atoms with Gasteiger partial charge in [-0.1, -0.05) is 18.2 Å². The van der Waals surface area contributed by atoms with Crippen LogP contribution in [-0.2, 0) is 14.8 Å². The van der Waals surface area contributed by atoms with Gasteiger partial charge in [-0.25, -0.2) is 8.42 Å². The molecule has 27 heavy (non-hydrogen) atoms. The quantitative estimate of drug-likeness (QED) is 0.809. The van der Waals surface area contributed by atoms with E-state index in [0.717, 1.165) is 31.6 Å². The second-order valence-corrected chi connectivity index (χ2v) is 9.38. The van der Waals surface area contributed by atoms with Gasteiger partial charge in [0.2, 0.25) is 10.0 Å². The van der Waals surface area contributed by atoms with Crippen molar-refractivity contribution in [1.82, 2.24) is 9.29 Å². The summed E-state index contributed by atoms with van der Waals surface area (Å²) in [5.41, 5.74) is 0.859. The molecule has 2 saturated heterocycles. The summed E-state index contributed by atoms with van der Waals surface area (Å²) in [6.07, 6.45) is 5.43. The van der Waals surface area contributed by atoms with Crippen LogP contribution in [0.25, 0.3) is 0 Å². The normalized spacial score (nSPS) is 24.7. The minimum absolute atomic E-state index is 0.202. The second-order valence-electron chi connectivity index (χ2n) is 7.44. The summed E-state index contributed by atoms with van der Waals surface area (Å²) >= 11 is 0. The van der Waals surface area contributed by atoms with Crippen LogP contribution in [0.4, 0.5) is 5.69 Å². The lowest BCUT2D eigenvalue weighted by atomic mass is 9.81. The standard InChI is InChI=1S/C20H25N3O3S/c24-27(25,19-7-2-1-3-8-19)23-11-5-9-20(16-23)15-22(12-13-26-17-20)18-6-4-10-21-14-18/h1-4,6-8,10,14H,5,9,11-13,15-17H2/t20-/m0/s1. The van der Waals surface area contributed by atoms with Crippen molar-refractivity contribution in [2.75, 3.05) is 44.3 Å². The van der Waals surface area contributed by atoms with Crippen molar-refractivity contribution in [3.63, 3.8) is 0 Å². The van der Waals surface area contributed by atoms with E-state index in [9.17, 15) is 8.42 Å². The monoisotopic (exact) mass is 387 g/mol. The smallest absolute Gasteiger partial charge is 0.243 e. The van der Waals surface area contributed by atoms with Gasteiger partial charge in [-0.15, -0.1) is 0 Å². The third kappa shape index (κ3) is 3.85. The maximum atomic E-state index is 13.1. The van der Waals surface area contributed by atoms with Gasteiger partial charge in [0, 0.05) is 37.8 Å². The predicted octanol–water partition coefficient (Wildman–Crippen LogP) is 2.39. The van der Waals surface area contributed by atoms with E-state index >= 15 is 0 Å². The molecule has 2 fully saturated rings. The minimum Gasteiger partial charge on any atom is -0.379 e. The van der Waals surface area contributed by atoms with Crippen LogP contribution in [-0.4, -0.2) is 57.1 Å². The molecule has 1 spiro atoms. The highest BCUT2D eigenvalue weighted by Crippen LogP contribution is 2.36. The Balaban J connectivity index is 1.59. The first-order valence-electron chi connectivity index (χ1n) is 9.37. The van der Waals surface area contributed by atoms with E-state index in [1.54, 1.807) is 34.8 Å². The molecular formula is C20H25N3O3S. The number of piperidine rings is 1. The Morgan fingerprint density at radius 1 is 1.04 bits per heavy atom.